The Morgan fingerprint density at radius 2 is 2.22 bits per heavy atom. The van der Waals surface area contributed by atoms with Crippen LogP contribution in [0.5, 0.6) is 11.6 Å². The van der Waals surface area contributed by atoms with Gasteiger partial charge in [0.2, 0.25) is 5.88 Å². The summed E-state index contributed by atoms with van der Waals surface area (Å²) in [6.07, 6.45) is 1.05. The fraction of sp³-hybridized carbons (Fsp3) is 0.200. The number of nitrogens with one attached hydrogen (secondary N) is 1. The predicted octanol–water partition coefficient (Wildman–Crippen LogP) is 1.61. The molecule has 1 amide bonds. The number of rotatable bonds is 7. The molecule has 0 atom stereocenters. The van der Waals surface area contributed by atoms with Gasteiger partial charge in [0.05, 0.1) is 19.3 Å². The van der Waals surface area contributed by atoms with Gasteiger partial charge in [-0.2, -0.15) is 0 Å². The second-order valence-electron chi connectivity index (χ2n) is 4.40. The summed E-state index contributed by atoms with van der Waals surface area (Å²) in [7, 11) is 1.48. The van der Waals surface area contributed by atoms with Crippen LogP contribution in [0.1, 0.15) is 10.5 Å². The van der Waals surface area contributed by atoms with Crippen molar-refractivity contribution in [3.05, 3.63) is 36.2 Å². The average Bonchev–Trinajstić information content (AvgIpc) is 2.58. The molecule has 0 bridgehead atoms. The zero-order valence-corrected chi connectivity index (χ0v) is 12.4. The summed E-state index contributed by atoms with van der Waals surface area (Å²) in [6, 6.07) is 6.58. The van der Waals surface area contributed by atoms with Crippen molar-refractivity contribution in [2.24, 2.45) is 0 Å². The molecule has 2 aromatic rings. The van der Waals surface area contributed by atoms with Gasteiger partial charge in [-0.05, 0) is 12.1 Å². The summed E-state index contributed by atoms with van der Waals surface area (Å²) in [6.45, 7) is 0.314. The maximum atomic E-state index is 10.8. The fourth-order valence-corrected chi connectivity index (χ4v) is 1.82. The van der Waals surface area contributed by atoms with E-state index < -0.39 is 6.09 Å². The lowest BCUT2D eigenvalue weighted by atomic mass is 10.1. The third-order valence-corrected chi connectivity index (χ3v) is 2.83. The van der Waals surface area contributed by atoms with Gasteiger partial charge in [0.1, 0.15) is 18.1 Å². The molecule has 0 saturated carbocycles. The van der Waals surface area contributed by atoms with Gasteiger partial charge in [-0.25, -0.2) is 9.78 Å². The Hall–Kier alpha value is -3.16. The van der Waals surface area contributed by atoms with Crippen molar-refractivity contribution in [3.8, 4) is 22.9 Å². The summed E-state index contributed by atoms with van der Waals surface area (Å²) < 4.78 is 10.6. The van der Waals surface area contributed by atoms with Crippen LogP contribution in [0.2, 0.25) is 0 Å². The minimum atomic E-state index is -1.11. The maximum Gasteiger partial charge on any atom is 0.404 e. The number of amides is 1. The first-order valence-corrected chi connectivity index (χ1v) is 6.69. The van der Waals surface area contributed by atoms with Crippen LogP contribution in [0.15, 0.2) is 30.5 Å². The molecule has 2 heterocycles. The number of carbonyl (C=O) groups excluding carboxylic acids is 1. The van der Waals surface area contributed by atoms with Crippen molar-refractivity contribution < 1.29 is 24.2 Å². The van der Waals surface area contributed by atoms with Gasteiger partial charge in [0, 0.05) is 23.9 Å². The Morgan fingerprint density at radius 3 is 2.91 bits per heavy atom. The van der Waals surface area contributed by atoms with Crippen molar-refractivity contribution in [3.63, 3.8) is 0 Å². The molecule has 8 heteroatoms. The summed E-state index contributed by atoms with van der Waals surface area (Å²) in [5.74, 6) is 0.816. The molecule has 0 aliphatic carbocycles. The normalized spacial score (nSPS) is 9.96. The van der Waals surface area contributed by atoms with Gasteiger partial charge in [0.25, 0.3) is 0 Å². The first kappa shape index (κ1) is 16.2. The van der Waals surface area contributed by atoms with E-state index in [0.29, 0.717) is 34.9 Å². The minimum Gasteiger partial charge on any atom is -0.491 e. The van der Waals surface area contributed by atoms with Crippen LogP contribution in [0, 0.1) is 0 Å². The Balaban J connectivity index is 2.20. The molecule has 0 aliphatic heterocycles. The molecule has 2 aromatic heterocycles. The molecule has 0 spiro atoms. The Bertz CT molecular complexity index is 705. The van der Waals surface area contributed by atoms with E-state index in [2.05, 4.69) is 15.3 Å². The van der Waals surface area contributed by atoms with E-state index in [1.54, 1.807) is 24.3 Å². The average molecular weight is 317 g/mol. The van der Waals surface area contributed by atoms with E-state index in [4.69, 9.17) is 14.6 Å². The predicted molar refractivity (Wildman–Crippen MR) is 80.9 cm³/mol. The highest BCUT2D eigenvalue weighted by Gasteiger charge is 2.08. The number of aldehydes is 1. The molecular formula is C15H15N3O5. The number of methoxy groups -OCH3 is 1. The molecule has 8 nitrogen and oxygen atoms in total. The molecule has 120 valence electrons. The molecule has 0 radical (unpaired) electrons. The van der Waals surface area contributed by atoms with Gasteiger partial charge < -0.3 is 19.9 Å². The molecule has 0 unspecified atom stereocenters. The van der Waals surface area contributed by atoms with Crippen LogP contribution < -0.4 is 14.8 Å². The molecule has 0 saturated heterocycles. The van der Waals surface area contributed by atoms with Crippen LogP contribution in [0.4, 0.5) is 4.79 Å². The van der Waals surface area contributed by atoms with Gasteiger partial charge in [-0.1, -0.05) is 0 Å². The van der Waals surface area contributed by atoms with Crippen molar-refractivity contribution >= 4 is 12.4 Å². The topological polar surface area (TPSA) is 111 Å². The fourth-order valence-electron chi connectivity index (χ4n) is 1.82. The van der Waals surface area contributed by atoms with Crippen LogP contribution in [0.3, 0.4) is 0 Å². The van der Waals surface area contributed by atoms with E-state index in [-0.39, 0.29) is 13.2 Å². The minimum absolute atomic E-state index is 0.153. The summed E-state index contributed by atoms with van der Waals surface area (Å²) >= 11 is 0. The van der Waals surface area contributed by atoms with Gasteiger partial charge in [0.15, 0.2) is 6.29 Å². The zero-order chi connectivity index (χ0) is 16.7. The smallest absolute Gasteiger partial charge is 0.404 e. The molecule has 23 heavy (non-hydrogen) atoms. The number of nitrogens with zero attached hydrogens (tertiary/aromatic N) is 2. The maximum absolute atomic E-state index is 10.8. The highest BCUT2D eigenvalue weighted by molar-refractivity contribution is 5.75. The van der Waals surface area contributed by atoms with Crippen molar-refractivity contribution in [2.75, 3.05) is 20.3 Å². The Morgan fingerprint density at radius 1 is 1.39 bits per heavy atom. The summed E-state index contributed by atoms with van der Waals surface area (Å²) in [5.41, 5.74) is 1.53. The van der Waals surface area contributed by atoms with Gasteiger partial charge in [-0.15, -0.1) is 0 Å². The number of ether oxygens (including phenoxy) is 2. The van der Waals surface area contributed by atoms with Crippen molar-refractivity contribution in [2.45, 2.75) is 0 Å². The van der Waals surface area contributed by atoms with Crippen molar-refractivity contribution in [1.29, 1.82) is 0 Å². The summed E-state index contributed by atoms with van der Waals surface area (Å²) in [4.78, 5) is 29.4. The molecule has 0 fully saturated rings. The van der Waals surface area contributed by atoms with Crippen LogP contribution >= 0.6 is 0 Å². The highest BCUT2D eigenvalue weighted by atomic mass is 16.5. The van der Waals surface area contributed by atoms with E-state index >= 15 is 0 Å². The lowest BCUT2D eigenvalue weighted by Crippen LogP contribution is -2.26. The van der Waals surface area contributed by atoms with E-state index in [0.717, 1.165) is 0 Å². The van der Waals surface area contributed by atoms with Gasteiger partial charge in [-0.3, -0.25) is 9.78 Å². The van der Waals surface area contributed by atoms with Crippen LogP contribution in [-0.4, -0.2) is 47.7 Å². The largest absolute Gasteiger partial charge is 0.491 e. The number of carboxylic acid groups (broad SMARTS) is 1. The van der Waals surface area contributed by atoms with E-state index in [1.807, 2.05) is 0 Å². The molecule has 2 N–H and O–H groups in total. The first-order valence-electron chi connectivity index (χ1n) is 6.69. The monoisotopic (exact) mass is 317 g/mol. The molecule has 0 aromatic carbocycles. The number of pyridine rings is 2. The lowest BCUT2D eigenvalue weighted by molar-refractivity contribution is 0.111. The number of carbonyl (C=O) groups is 2. The van der Waals surface area contributed by atoms with Crippen LogP contribution in [0.25, 0.3) is 11.3 Å². The molecule has 0 aliphatic rings. The van der Waals surface area contributed by atoms with Crippen molar-refractivity contribution in [1.82, 2.24) is 15.3 Å². The van der Waals surface area contributed by atoms with Gasteiger partial charge >= 0.3 is 6.09 Å². The standard InChI is InChI=1S/C15H15N3O5/c1-22-14-8-12(23-5-4-17-15(20)21)7-13(18-14)10-2-3-16-11(6-10)9-19/h2-3,6-9,17H,4-5H2,1H3,(H,20,21). The van der Waals surface area contributed by atoms with E-state index in [1.165, 1.54) is 13.3 Å². The van der Waals surface area contributed by atoms with Crippen LogP contribution in [-0.2, 0) is 0 Å². The highest BCUT2D eigenvalue weighted by Crippen LogP contribution is 2.26. The second kappa shape index (κ2) is 7.74. The number of aromatic nitrogens is 2. The Kier molecular flexibility index (Phi) is 5.45. The molecule has 2 rings (SSSR count). The number of hydrogen-bond donors (Lipinski definition) is 2. The second-order valence-corrected chi connectivity index (χ2v) is 4.40. The first-order chi connectivity index (χ1) is 11.1. The van der Waals surface area contributed by atoms with E-state index in [9.17, 15) is 9.59 Å². The lowest BCUT2D eigenvalue weighted by Gasteiger charge is -2.10. The third kappa shape index (κ3) is 4.67. The Labute approximate surface area is 132 Å². The molecular weight excluding hydrogens is 302 g/mol. The summed E-state index contributed by atoms with van der Waals surface area (Å²) in [5, 5.41) is 10.7. The SMILES string of the molecule is COc1cc(OCCNC(=O)O)cc(-c2ccnc(C=O)c2)n1. The zero-order valence-electron chi connectivity index (χ0n) is 12.4. The third-order valence-electron chi connectivity index (χ3n) is 2.83. The number of hydrogen-bond acceptors (Lipinski definition) is 6. The quantitative estimate of drug-likeness (QED) is 0.589.